The van der Waals surface area contributed by atoms with E-state index in [2.05, 4.69) is 9.88 Å². The molecule has 2 aliphatic heterocycles. The molecule has 0 aliphatic carbocycles. The summed E-state index contributed by atoms with van der Waals surface area (Å²) in [6.45, 7) is 4.74. The molecule has 0 saturated carbocycles. The first-order chi connectivity index (χ1) is 10.2. The molecule has 8 heteroatoms. The van der Waals surface area contributed by atoms with E-state index in [1.165, 1.54) is 4.31 Å². The third kappa shape index (κ3) is 3.18. The number of sulfonamides is 1. The lowest BCUT2D eigenvalue weighted by Crippen LogP contribution is -2.41. The largest absolute Gasteiger partial charge is 0.379 e. The average molecular weight is 314 g/mol. The van der Waals surface area contributed by atoms with Crippen LogP contribution in [-0.2, 0) is 19.5 Å². The molecule has 2 aliphatic rings. The van der Waals surface area contributed by atoms with Gasteiger partial charge in [0.25, 0.3) is 5.82 Å². The standard InChI is InChI=1S/C13H19N3O4S/c17-21(18,16-5-9-20-10-6-16)12-1-2-13(14-11-12)15-3-7-19-8-4-15/h1-2,11H,3-10H2/p+1. The number of hydrogen-bond donors (Lipinski definition) is 0. The van der Waals surface area contributed by atoms with E-state index < -0.39 is 10.0 Å². The van der Waals surface area contributed by atoms with E-state index in [1.54, 1.807) is 12.3 Å². The summed E-state index contributed by atoms with van der Waals surface area (Å²) < 4.78 is 37.0. The molecule has 0 spiro atoms. The summed E-state index contributed by atoms with van der Waals surface area (Å²) in [5.41, 5.74) is 0. The Hall–Kier alpha value is -1.22. The van der Waals surface area contributed by atoms with Gasteiger partial charge in [-0.15, -0.1) is 0 Å². The van der Waals surface area contributed by atoms with E-state index in [-0.39, 0.29) is 0 Å². The first kappa shape index (κ1) is 14.7. The van der Waals surface area contributed by atoms with Crippen molar-refractivity contribution in [3.8, 4) is 0 Å². The Morgan fingerprint density at radius 3 is 2.14 bits per heavy atom. The summed E-state index contributed by atoms with van der Waals surface area (Å²) >= 11 is 0. The van der Waals surface area contributed by atoms with Crippen LogP contribution in [0.2, 0.25) is 0 Å². The molecule has 0 bridgehead atoms. The second kappa shape index (κ2) is 6.27. The van der Waals surface area contributed by atoms with E-state index in [1.807, 2.05) is 6.07 Å². The molecule has 0 atom stereocenters. The first-order valence-electron chi connectivity index (χ1n) is 7.10. The zero-order valence-corrected chi connectivity index (χ0v) is 12.6. The van der Waals surface area contributed by atoms with E-state index in [9.17, 15) is 8.42 Å². The summed E-state index contributed by atoms with van der Waals surface area (Å²) in [5.74, 6) is 0.916. The van der Waals surface area contributed by atoms with E-state index in [0.717, 1.165) is 18.9 Å². The average Bonchev–Trinajstić information content (AvgIpc) is 2.57. The molecule has 3 heterocycles. The van der Waals surface area contributed by atoms with Crippen molar-refractivity contribution >= 4 is 15.8 Å². The van der Waals surface area contributed by atoms with Crippen molar-refractivity contribution in [1.82, 2.24) is 4.31 Å². The van der Waals surface area contributed by atoms with Gasteiger partial charge in [-0.25, -0.2) is 13.4 Å². The molecule has 1 aromatic rings. The molecule has 2 saturated heterocycles. The van der Waals surface area contributed by atoms with Crippen LogP contribution in [0.25, 0.3) is 0 Å². The van der Waals surface area contributed by atoms with Crippen molar-refractivity contribution in [3.63, 3.8) is 0 Å². The van der Waals surface area contributed by atoms with Crippen molar-refractivity contribution in [2.24, 2.45) is 0 Å². The number of morpholine rings is 2. The fraction of sp³-hybridized carbons (Fsp3) is 0.615. The molecular formula is C13H20N3O4S+. The second-order valence-corrected chi connectivity index (χ2v) is 6.96. The van der Waals surface area contributed by atoms with Crippen molar-refractivity contribution in [2.45, 2.75) is 4.90 Å². The van der Waals surface area contributed by atoms with Crippen molar-refractivity contribution in [1.29, 1.82) is 0 Å². The van der Waals surface area contributed by atoms with Crippen LogP contribution >= 0.6 is 0 Å². The van der Waals surface area contributed by atoms with Gasteiger partial charge in [0.2, 0.25) is 10.0 Å². The van der Waals surface area contributed by atoms with Gasteiger partial charge in [0.05, 0.1) is 26.4 Å². The maximum absolute atomic E-state index is 12.5. The first-order valence-corrected chi connectivity index (χ1v) is 8.54. The molecule has 0 radical (unpaired) electrons. The maximum Gasteiger partial charge on any atom is 0.274 e. The Balaban J connectivity index is 1.76. The summed E-state index contributed by atoms with van der Waals surface area (Å²) in [7, 11) is -3.43. The summed E-state index contributed by atoms with van der Waals surface area (Å²) in [6, 6.07) is 3.48. The summed E-state index contributed by atoms with van der Waals surface area (Å²) in [6.07, 6.45) is 1.57. The predicted octanol–water partition coefficient (Wildman–Crippen LogP) is -0.642. The summed E-state index contributed by atoms with van der Waals surface area (Å²) in [4.78, 5) is 5.53. The van der Waals surface area contributed by atoms with Crippen LogP contribution in [0.15, 0.2) is 23.2 Å². The second-order valence-electron chi connectivity index (χ2n) is 5.03. The number of hydrogen-bond acceptors (Lipinski definition) is 5. The molecule has 7 nitrogen and oxygen atoms in total. The van der Waals surface area contributed by atoms with Gasteiger partial charge in [0.15, 0.2) is 0 Å². The van der Waals surface area contributed by atoms with Crippen LogP contribution in [0, 0.1) is 0 Å². The molecule has 0 amide bonds. The van der Waals surface area contributed by atoms with Gasteiger partial charge < -0.3 is 9.47 Å². The lowest BCUT2D eigenvalue weighted by Gasteiger charge is -2.26. The molecular weight excluding hydrogens is 294 g/mol. The van der Waals surface area contributed by atoms with Crippen LogP contribution in [-0.4, -0.2) is 65.3 Å². The highest BCUT2D eigenvalue weighted by Gasteiger charge is 2.28. The molecule has 0 aromatic carbocycles. The van der Waals surface area contributed by atoms with E-state index >= 15 is 0 Å². The number of pyridine rings is 1. The number of H-pyrrole nitrogens is 1. The van der Waals surface area contributed by atoms with Crippen molar-refractivity contribution < 1.29 is 22.9 Å². The number of anilines is 1. The fourth-order valence-electron chi connectivity index (χ4n) is 2.50. The highest BCUT2D eigenvalue weighted by atomic mass is 32.2. The normalized spacial score (nSPS) is 21.4. The molecule has 2 fully saturated rings. The SMILES string of the molecule is O=S(=O)(c1ccc(N2CCOCC2)[nH+]c1)N1CCOCC1. The zero-order chi connectivity index (χ0) is 14.7. The topological polar surface area (TPSA) is 73.2 Å². The Labute approximate surface area is 124 Å². The van der Waals surface area contributed by atoms with Crippen LogP contribution in [0.3, 0.4) is 0 Å². The minimum atomic E-state index is -3.43. The molecule has 21 heavy (non-hydrogen) atoms. The van der Waals surface area contributed by atoms with Crippen LogP contribution < -0.4 is 9.88 Å². The minimum absolute atomic E-state index is 0.293. The Kier molecular flexibility index (Phi) is 4.39. The number of rotatable bonds is 3. The molecule has 3 rings (SSSR count). The smallest absolute Gasteiger partial charge is 0.274 e. The Morgan fingerprint density at radius 1 is 0.952 bits per heavy atom. The predicted molar refractivity (Wildman–Crippen MR) is 75.6 cm³/mol. The van der Waals surface area contributed by atoms with Gasteiger partial charge in [0.1, 0.15) is 24.2 Å². The molecule has 116 valence electrons. The van der Waals surface area contributed by atoms with Crippen LogP contribution in [0.1, 0.15) is 0 Å². The molecule has 1 aromatic heterocycles. The molecule has 0 unspecified atom stereocenters. The number of aromatic nitrogens is 1. The van der Waals surface area contributed by atoms with E-state index in [4.69, 9.17) is 9.47 Å². The third-order valence-electron chi connectivity index (χ3n) is 3.73. The van der Waals surface area contributed by atoms with Gasteiger partial charge in [-0.3, -0.25) is 4.90 Å². The summed E-state index contributed by atoms with van der Waals surface area (Å²) in [5, 5.41) is 0. The third-order valence-corrected chi connectivity index (χ3v) is 5.62. The minimum Gasteiger partial charge on any atom is -0.379 e. The van der Waals surface area contributed by atoms with E-state index in [0.29, 0.717) is 44.4 Å². The number of aromatic amines is 1. The zero-order valence-electron chi connectivity index (χ0n) is 11.8. The van der Waals surface area contributed by atoms with Crippen LogP contribution in [0.4, 0.5) is 5.82 Å². The molecule has 1 N–H and O–H groups in total. The van der Waals surface area contributed by atoms with Gasteiger partial charge >= 0.3 is 0 Å². The number of ether oxygens (including phenoxy) is 2. The Bertz CT molecular complexity index is 564. The lowest BCUT2D eigenvalue weighted by molar-refractivity contribution is -0.367. The Morgan fingerprint density at radius 2 is 1.57 bits per heavy atom. The fourth-order valence-corrected chi connectivity index (χ4v) is 3.88. The van der Waals surface area contributed by atoms with Crippen molar-refractivity contribution in [3.05, 3.63) is 18.3 Å². The van der Waals surface area contributed by atoms with Crippen molar-refractivity contribution in [2.75, 3.05) is 57.5 Å². The van der Waals surface area contributed by atoms with Crippen LogP contribution in [0.5, 0.6) is 0 Å². The van der Waals surface area contributed by atoms with Gasteiger partial charge in [-0.05, 0) is 6.07 Å². The quantitative estimate of drug-likeness (QED) is 0.742. The van der Waals surface area contributed by atoms with Gasteiger partial charge in [-0.1, -0.05) is 0 Å². The highest BCUT2D eigenvalue weighted by molar-refractivity contribution is 7.89. The van der Waals surface area contributed by atoms with Gasteiger partial charge in [0, 0.05) is 19.2 Å². The van der Waals surface area contributed by atoms with Gasteiger partial charge in [-0.2, -0.15) is 4.31 Å². The number of nitrogens with zero attached hydrogens (tertiary/aromatic N) is 2. The lowest BCUT2D eigenvalue weighted by atomic mass is 10.4. The monoisotopic (exact) mass is 314 g/mol. The number of nitrogens with one attached hydrogen (secondary N) is 1. The maximum atomic E-state index is 12.5. The highest BCUT2D eigenvalue weighted by Crippen LogP contribution is 2.17.